The molecular formula is C17H25N3S. The van der Waals surface area contributed by atoms with Crippen molar-refractivity contribution in [3.63, 3.8) is 0 Å². The van der Waals surface area contributed by atoms with E-state index in [2.05, 4.69) is 46.5 Å². The number of hydrogen-bond acceptors (Lipinski definition) is 3. The molecule has 2 aromatic heterocycles. The highest BCUT2D eigenvalue weighted by molar-refractivity contribution is 7.09. The Morgan fingerprint density at radius 3 is 3.05 bits per heavy atom. The zero-order valence-electron chi connectivity index (χ0n) is 13.1. The van der Waals surface area contributed by atoms with Crippen LogP contribution < -0.4 is 5.32 Å². The number of aromatic nitrogens is 2. The van der Waals surface area contributed by atoms with Gasteiger partial charge in [-0.1, -0.05) is 13.3 Å². The standard InChI is InChI=1S/C17H25N3S/c1-3-8-18-17-7-5-4-6-14-9-20(11-16(14)17)10-15-12-21-13(2)19-15/h9,11-12,17-18H,3-8,10H2,1-2H3. The SMILES string of the molecule is CCCNC1CCCCc2cn(Cc3csc(C)n3)cc21. The van der Waals surface area contributed by atoms with Crippen molar-refractivity contribution in [2.45, 2.75) is 58.5 Å². The van der Waals surface area contributed by atoms with Gasteiger partial charge in [0.1, 0.15) is 0 Å². The van der Waals surface area contributed by atoms with E-state index in [4.69, 9.17) is 0 Å². The summed E-state index contributed by atoms with van der Waals surface area (Å²) >= 11 is 1.74. The van der Waals surface area contributed by atoms with Crippen LogP contribution in [0, 0.1) is 6.92 Å². The molecule has 1 aliphatic carbocycles. The second-order valence-electron chi connectivity index (χ2n) is 6.02. The van der Waals surface area contributed by atoms with Gasteiger partial charge in [0.25, 0.3) is 0 Å². The van der Waals surface area contributed by atoms with Crippen LogP contribution in [0.25, 0.3) is 0 Å². The number of aryl methyl sites for hydroxylation is 2. The third-order valence-electron chi connectivity index (χ3n) is 4.21. The molecule has 1 N–H and O–H groups in total. The molecule has 0 saturated heterocycles. The van der Waals surface area contributed by atoms with Crippen LogP contribution in [-0.2, 0) is 13.0 Å². The van der Waals surface area contributed by atoms with Gasteiger partial charge in [-0.05, 0) is 50.3 Å². The average Bonchev–Trinajstić information content (AvgIpc) is 3.00. The van der Waals surface area contributed by atoms with E-state index in [0.717, 1.165) is 18.1 Å². The maximum Gasteiger partial charge on any atom is 0.0898 e. The van der Waals surface area contributed by atoms with E-state index >= 15 is 0 Å². The first-order chi connectivity index (χ1) is 10.3. The lowest BCUT2D eigenvalue weighted by Gasteiger charge is -2.16. The second kappa shape index (κ2) is 6.75. The second-order valence-corrected chi connectivity index (χ2v) is 7.08. The van der Waals surface area contributed by atoms with Gasteiger partial charge < -0.3 is 9.88 Å². The Morgan fingerprint density at radius 2 is 2.29 bits per heavy atom. The number of hydrogen-bond donors (Lipinski definition) is 1. The summed E-state index contributed by atoms with van der Waals surface area (Å²) in [6, 6.07) is 0.542. The number of fused-ring (bicyclic) bond motifs is 1. The summed E-state index contributed by atoms with van der Waals surface area (Å²) in [5.74, 6) is 0. The number of nitrogens with zero attached hydrogens (tertiary/aromatic N) is 2. The molecule has 1 unspecified atom stereocenters. The first kappa shape index (κ1) is 14.8. The van der Waals surface area contributed by atoms with Crippen LogP contribution in [0.5, 0.6) is 0 Å². The van der Waals surface area contributed by atoms with E-state index in [0.29, 0.717) is 6.04 Å². The molecule has 1 atom stereocenters. The van der Waals surface area contributed by atoms with Crippen LogP contribution in [-0.4, -0.2) is 16.1 Å². The molecule has 3 rings (SSSR count). The van der Waals surface area contributed by atoms with Gasteiger partial charge in [0, 0.05) is 23.8 Å². The maximum absolute atomic E-state index is 4.58. The van der Waals surface area contributed by atoms with Crippen molar-refractivity contribution in [3.8, 4) is 0 Å². The van der Waals surface area contributed by atoms with Gasteiger partial charge in [-0.2, -0.15) is 0 Å². The molecule has 2 heterocycles. The van der Waals surface area contributed by atoms with Crippen molar-refractivity contribution in [2.24, 2.45) is 0 Å². The fraction of sp³-hybridized carbons (Fsp3) is 0.588. The Bertz CT molecular complexity index is 585. The summed E-state index contributed by atoms with van der Waals surface area (Å²) < 4.78 is 2.32. The molecule has 21 heavy (non-hydrogen) atoms. The van der Waals surface area contributed by atoms with Crippen molar-refractivity contribution in [3.05, 3.63) is 39.6 Å². The zero-order chi connectivity index (χ0) is 14.7. The van der Waals surface area contributed by atoms with Crippen molar-refractivity contribution >= 4 is 11.3 Å². The summed E-state index contributed by atoms with van der Waals surface area (Å²) in [7, 11) is 0. The Morgan fingerprint density at radius 1 is 1.38 bits per heavy atom. The van der Waals surface area contributed by atoms with Gasteiger partial charge in [-0.3, -0.25) is 0 Å². The predicted molar refractivity (Wildman–Crippen MR) is 89.0 cm³/mol. The number of nitrogens with one attached hydrogen (secondary N) is 1. The molecule has 0 radical (unpaired) electrons. The fourth-order valence-corrected chi connectivity index (χ4v) is 3.81. The van der Waals surface area contributed by atoms with Crippen LogP contribution in [0.4, 0.5) is 0 Å². The first-order valence-electron chi connectivity index (χ1n) is 8.09. The van der Waals surface area contributed by atoms with Gasteiger partial charge in [0.15, 0.2) is 0 Å². The quantitative estimate of drug-likeness (QED) is 0.844. The minimum absolute atomic E-state index is 0.542. The normalized spacial score (nSPS) is 18.5. The zero-order valence-corrected chi connectivity index (χ0v) is 13.9. The van der Waals surface area contributed by atoms with Crippen LogP contribution in [0.3, 0.4) is 0 Å². The predicted octanol–water partition coefficient (Wildman–Crippen LogP) is 4.07. The molecule has 1 aliphatic rings. The Labute approximate surface area is 131 Å². The van der Waals surface area contributed by atoms with E-state index < -0.39 is 0 Å². The molecular weight excluding hydrogens is 278 g/mol. The summed E-state index contributed by atoms with van der Waals surface area (Å²) in [5, 5.41) is 7.05. The van der Waals surface area contributed by atoms with Crippen LogP contribution in [0.1, 0.15) is 60.5 Å². The lowest BCUT2D eigenvalue weighted by atomic mass is 10.0. The lowest BCUT2D eigenvalue weighted by Crippen LogP contribution is -2.21. The molecule has 3 nitrogen and oxygen atoms in total. The monoisotopic (exact) mass is 303 g/mol. The molecule has 4 heteroatoms. The molecule has 0 bridgehead atoms. The minimum Gasteiger partial charge on any atom is -0.348 e. The topological polar surface area (TPSA) is 29.9 Å². The molecule has 114 valence electrons. The highest BCUT2D eigenvalue weighted by Crippen LogP contribution is 2.29. The van der Waals surface area contributed by atoms with Gasteiger partial charge >= 0.3 is 0 Å². The molecule has 0 spiro atoms. The first-order valence-corrected chi connectivity index (χ1v) is 8.97. The molecule has 0 aliphatic heterocycles. The van der Waals surface area contributed by atoms with E-state index in [1.807, 2.05) is 0 Å². The largest absolute Gasteiger partial charge is 0.348 e. The third kappa shape index (κ3) is 3.55. The average molecular weight is 303 g/mol. The molecule has 0 amide bonds. The van der Waals surface area contributed by atoms with Gasteiger partial charge in [0.05, 0.1) is 17.2 Å². The lowest BCUT2D eigenvalue weighted by molar-refractivity contribution is 0.488. The van der Waals surface area contributed by atoms with Crippen LogP contribution in [0.2, 0.25) is 0 Å². The Hall–Kier alpha value is -1.13. The van der Waals surface area contributed by atoms with E-state index in [-0.39, 0.29) is 0 Å². The summed E-state index contributed by atoms with van der Waals surface area (Å²) in [4.78, 5) is 4.58. The third-order valence-corrected chi connectivity index (χ3v) is 5.04. The minimum atomic E-state index is 0.542. The van der Waals surface area contributed by atoms with Crippen molar-refractivity contribution in [1.29, 1.82) is 0 Å². The summed E-state index contributed by atoms with van der Waals surface area (Å²) in [6.07, 6.45) is 11.0. The Kier molecular flexibility index (Phi) is 4.76. The fourth-order valence-electron chi connectivity index (χ4n) is 3.21. The molecule has 2 aromatic rings. The van der Waals surface area contributed by atoms with Gasteiger partial charge in [-0.15, -0.1) is 11.3 Å². The van der Waals surface area contributed by atoms with Crippen LogP contribution >= 0.6 is 11.3 Å². The molecule has 0 fully saturated rings. The van der Waals surface area contributed by atoms with Crippen molar-refractivity contribution in [2.75, 3.05) is 6.54 Å². The smallest absolute Gasteiger partial charge is 0.0898 e. The molecule has 0 aromatic carbocycles. The highest BCUT2D eigenvalue weighted by Gasteiger charge is 2.20. The molecule has 0 saturated carbocycles. The Balaban J connectivity index is 1.79. The van der Waals surface area contributed by atoms with Gasteiger partial charge in [0.2, 0.25) is 0 Å². The van der Waals surface area contributed by atoms with E-state index in [9.17, 15) is 0 Å². The van der Waals surface area contributed by atoms with Crippen LogP contribution in [0.15, 0.2) is 17.8 Å². The summed E-state index contributed by atoms with van der Waals surface area (Å²) in [6.45, 7) is 6.32. The van der Waals surface area contributed by atoms with Gasteiger partial charge in [-0.25, -0.2) is 4.98 Å². The number of rotatable bonds is 5. The number of thiazole rings is 1. The highest BCUT2D eigenvalue weighted by atomic mass is 32.1. The van der Waals surface area contributed by atoms with Crippen molar-refractivity contribution in [1.82, 2.24) is 14.9 Å². The maximum atomic E-state index is 4.58. The van der Waals surface area contributed by atoms with E-state index in [1.165, 1.54) is 48.9 Å². The summed E-state index contributed by atoms with van der Waals surface area (Å²) in [5.41, 5.74) is 4.24. The van der Waals surface area contributed by atoms with E-state index in [1.54, 1.807) is 11.3 Å². The van der Waals surface area contributed by atoms with Crippen molar-refractivity contribution < 1.29 is 0 Å².